The third-order valence-corrected chi connectivity index (χ3v) is 3.28. The molecule has 1 N–H and O–H groups in total. The minimum atomic E-state index is -0.108. The van der Waals surface area contributed by atoms with Crippen LogP contribution < -0.4 is 4.74 Å². The summed E-state index contributed by atoms with van der Waals surface area (Å²) in [6.45, 7) is 3.01. The van der Waals surface area contributed by atoms with Crippen molar-refractivity contribution >= 4 is 11.6 Å². The molecule has 0 heterocycles. The van der Waals surface area contributed by atoms with Crippen molar-refractivity contribution in [3.63, 3.8) is 0 Å². The Balaban J connectivity index is 2.27. The number of rotatable bonds is 6. The van der Waals surface area contributed by atoms with Gasteiger partial charge in [0.15, 0.2) is 17.3 Å². The molecule has 0 aliphatic carbocycles. The van der Waals surface area contributed by atoms with Gasteiger partial charge in [-0.1, -0.05) is 18.2 Å². The van der Waals surface area contributed by atoms with Gasteiger partial charge in [-0.05, 0) is 50.1 Å². The molecule has 2 rings (SSSR count). The Bertz CT molecular complexity index is 704. The summed E-state index contributed by atoms with van der Waals surface area (Å²) in [4.78, 5) is 22.7. The van der Waals surface area contributed by atoms with Gasteiger partial charge in [0.2, 0.25) is 0 Å². The quantitative estimate of drug-likeness (QED) is 0.821. The zero-order chi connectivity index (χ0) is 16.1. The largest absolute Gasteiger partial charge is 0.504 e. The fourth-order valence-electron chi connectivity index (χ4n) is 2.08. The average Bonchev–Trinajstić information content (AvgIpc) is 2.48. The molecule has 0 spiro atoms. The Morgan fingerprint density at radius 1 is 1.05 bits per heavy atom. The summed E-state index contributed by atoms with van der Waals surface area (Å²) >= 11 is 0. The van der Waals surface area contributed by atoms with Crippen molar-refractivity contribution in [2.24, 2.45) is 0 Å². The van der Waals surface area contributed by atoms with Gasteiger partial charge < -0.3 is 14.6 Å². The van der Waals surface area contributed by atoms with Gasteiger partial charge in [-0.2, -0.15) is 0 Å². The van der Waals surface area contributed by atoms with Crippen LogP contribution in [0.25, 0.3) is 0 Å². The van der Waals surface area contributed by atoms with Crippen LogP contribution in [-0.2, 0) is 11.2 Å². The first-order chi connectivity index (χ1) is 10.5. The van der Waals surface area contributed by atoms with Gasteiger partial charge in [0, 0.05) is 6.42 Å². The minimum Gasteiger partial charge on any atom is -0.504 e. The first kappa shape index (κ1) is 15.8. The molecule has 2 aromatic rings. The highest BCUT2D eigenvalue weighted by molar-refractivity contribution is 5.96. The maximum Gasteiger partial charge on any atom is 0.169 e. The number of ether oxygens (including phenoxy) is 1. The molecule has 22 heavy (non-hydrogen) atoms. The van der Waals surface area contributed by atoms with Crippen LogP contribution in [0.4, 0.5) is 0 Å². The molecule has 0 saturated heterocycles. The molecule has 0 aliphatic heterocycles. The van der Waals surface area contributed by atoms with Gasteiger partial charge in [-0.15, -0.1) is 0 Å². The number of phenolic OH excluding ortho intramolecular Hbond substituents is 1. The van der Waals surface area contributed by atoms with Crippen molar-refractivity contribution < 1.29 is 19.4 Å². The monoisotopic (exact) mass is 298 g/mol. The lowest BCUT2D eigenvalue weighted by atomic mass is 10.1. The maximum absolute atomic E-state index is 11.6. The van der Waals surface area contributed by atoms with E-state index in [9.17, 15) is 14.7 Å². The number of Topliss-reactive ketones (excluding diaryl/α,β-unsaturated/α-hetero) is 2. The number of benzene rings is 2. The highest BCUT2D eigenvalue weighted by atomic mass is 16.5. The van der Waals surface area contributed by atoms with Gasteiger partial charge in [0.05, 0.1) is 5.56 Å². The molecule has 0 atom stereocenters. The Labute approximate surface area is 129 Å². The zero-order valence-corrected chi connectivity index (χ0v) is 12.6. The van der Waals surface area contributed by atoms with E-state index in [0.717, 1.165) is 5.56 Å². The van der Waals surface area contributed by atoms with Crippen molar-refractivity contribution in [3.05, 3.63) is 53.6 Å². The number of carbonyl (C=O) groups is 2. The first-order valence-electron chi connectivity index (χ1n) is 7.06. The van der Waals surface area contributed by atoms with E-state index in [2.05, 4.69) is 0 Å². The lowest BCUT2D eigenvalue weighted by Crippen LogP contribution is -1.98. The number of ketones is 2. The van der Waals surface area contributed by atoms with E-state index in [0.29, 0.717) is 24.2 Å². The molecule has 0 saturated carbocycles. The smallest absolute Gasteiger partial charge is 0.169 e. The van der Waals surface area contributed by atoms with E-state index >= 15 is 0 Å². The standard InChI is InChI=1S/C18H18O4/c1-12(19)7-8-14-9-10-16(21)18(11-14)22-17-6-4-3-5-15(17)13(2)20/h3-6,9-11,21H,7-8H2,1-2H3. The highest BCUT2D eigenvalue weighted by Gasteiger charge is 2.11. The summed E-state index contributed by atoms with van der Waals surface area (Å²) in [7, 11) is 0. The van der Waals surface area contributed by atoms with Crippen LogP contribution in [0.15, 0.2) is 42.5 Å². The van der Waals surface area contributed by atoms with Gasteiger partial charge in [-0.25, -0.2) is 0 Å². The van der Waals surface area contributed by atoms with Gasteiger partial charge in [0.1, 0.15) is 11.5 Å². The Kier molecular flexibility index (Phi) is 4.94. The fraction of sp³-hybridized carbons (Fsp3) is 0.222. The molecule has 0 aliphatic rings. The van der Waals surface area contributed by atoms with Gasteiger partial charge >= 0.3 is 0 Å². The molecular formula is C18H18O4. The van der Waals surface area contributed by atoms with Crippen molar-refractivity contribution in [1.82, 2.24) is 0 Å². The normalized spacial score (nSPS) is 10.3. The predicted octanol–water partition coefficient (Wildman–Crippen LogP) is 3.91. The van der Waals surface area contributed by atoms with Crippen LogP contribution >= 0.6 is 0 Å². The molecule has 4 nitrogen and oxygen atoms in total. The summed E-state index contributed by atoms with van der Waals surface area (Å²) < 4.78 is 5.69. The lowest BCUT2D eigenvalue weighted by molar-refractivity contribution is -0.116. The maximum atomic E-state index is 11.6. The number of carbonyl (C=O) groups excluding carboxylic acids is 2. The molecule has 114 valence electrons. The molecule has 0 aromatic heterocycles. The minimum absolute atomic E-state index is 0.00932. The second-order valence-electron chi connectivity index (χ2n) is 5.16. The zero-order valence-electron chi connectivity index (χ0n) is 12.6. The van der Waals surface area contributed by atoms with Crippen LogP contribution in [0.1, 0.15) is 36.2 Å². The number of phenols is 1. The van der Waals surface area contributed by atoms with E-state index in [1.165, 1.54) is 13.0 Å². The topological polar surface area (TPSA) is 63.6 Å². The van der Waals surface area contributed by atoms with Crippen molar-refractivity contribution in [3.8, 4) is 17.2 Å². The van der Waals surface area contributed by atoms with E-state index < -0.39 is 0 Å². The first-order valence-corrected chi connectivity index (χ1v) is 7.06. The Hall–Kier alpha value is -2.62. The molecule has 4 heteroatoms. The summed E-state index contributed by atoms with van der Waals surface area (Å²) in [5.74, 6) is 0.661. The van der Waals surface area contributed by atoms with Gasteiger partial charge in [-0.3, -0.25) is 4.79 Å². The highest BCUT2D eigenvalue weighted by Crippen LogP contribution is 2.33. The molecule has 0 unspecified atom stereocenters. The average molecular weight is 298 g/mol. The SMILES string of the molecule is CC(=O)CCc1ccc(O)c(Oc2ccccc2C(C)=O)c1. The molecule has 2 aromatic carbocycles. The van der Waals surface area contributed by atoms with Crippen LogP contribution in [0, 0.1) is 0 Å². The molecule has 0 bridgehead atoms. The van der Waals surface area contributed by atoms with E-state index in [4.69, 9.17) is 4.74 Å². The lowest BCUT2D eigenvalue weighted by Gasteiger charge is -2.12. The van der Waals surface area contributed by atoms with Crippen LogP contribution in [0.2, 0.25) is 0 Å². The van der Waals surface area contributed by atoms with E-state index in [1.54, 1.807) is 43.3 Å². The molecule has 0 amide bonds. The van der Waals surface area contributed by atoms with E-state index in [-0.39, 0.29) is 23.1 Å². The van der Waals surface area contributed by atoms with Crippen molar-refractivity contribution in [1.29, 1.82) is 0 Å². The molecule has 0 fully saturated rings. The summed E-state index contributed by atoms with van der Waals surface area (Å²) in [6, 6.07) is 11.8. The Morgan fingerprint density at radius 2 is 1.77 bits per heavy atom. The summed E-state index contributed by atoms with van der Waals surface area (Å²) in [5, 5.41) is 9.93. The molecular weight excluding hydrogens is 280 g/mol. The predicted molar refractivity (Wildman–Crippen MR) is 83.6 cm³/mol. The Morgan fingerprint density at radius 3 is 2.45 bits per heavy atom. The number of hydrogen-bond donors (Lipinski definition) is 1. The second-order valence-corrected chi connectivity index (χ2v) is 5.16. The molecule has 0 radical (unpaired) electrons. The van der Waals surface area contributed by atoms with Gasteiger partial charge in [0.25, 0.3) is 0 Å². The second kappa shape index (κ2) is 6.89. The van der Waals surface area contributed by atoms with Crippen LogP contribution in [0.3, 0.4) is 0 Å². The summed E-state index contributed by atoms with van der Waals surface area (Å²) in [6.07, 6.45) is 1.02. The van der Waals surface area contributed by atoms with Crippen LogP contribution in [-0.4, -0.2) is 16.7 Å². The van der Waals surface area contributed by atoms with Crippen molar-refractivity contribution in [2.75, 3.05) is 0 Å². The number of hydrogen-bond acceptors (Lipinski definition) is 4. The third-order valence-electron chi connectivity index (χ3n) is 3.28. The van der Waals surface area contributed by atoms with E-state index in [1.807, 2.05) is 0 Å². The number of aromatic hydroxyl groups is 1. The van der Waals surface area contributed by atoms with Crippen LogP contribution in [0.5, 0.6) is 17.2 Å². The fourth-order valence-corrected chi connectivity index (χ4v) is 2.08. The van der Waals surface area contributed by atoms with Crippen molar-refractivity contribution in [2.45, 2.75) is 26.7 Å². The summed E-state index contributed by atoms with van der Waals surface area (Å²) in [5.41, 5.74) is 1.35. The third kappa shape index (κ3) is 3.95. The number of aryl methyl sites for hydroxylation is 1. The number of para-hydroxylation sites is 1.